The van der Waals surface area contributed by atoms with E-state index in [4.69, 9.17) is 0 Å². The molecule has 2 aromatic heterocycles. The van der Waals surface area contributed by atoms with Crippen molar-refractivity contribution in [3.05, 3.63) is 79.0 Å². The first-order chi connectivity index (χ1) is 12.3. The molecule has 0 saturated heterocycles. The van der Waals surface area contributed by atoms with Crippen molar-refractivity contribution in [3.63, 3.8) is 0 Å². The average Bonchev–Trinajstić information content (AvgIpc) is 2.57. The highest BCUT2D eigenvalue weighted by Crippen LogP contribution is 2.14. The Morgan fingerprint density at radius 2 is 2.00 bits per heavy atom. The molecule has 0 spiro atoms. The van der Waals surface area contributed by atoms with Crippen LogP contribution in [0, 0.1) is 6.92 Å². The van der Waals surface area contributed by atoms with E-state index < -0.39 is 34.2 Å². The number of nitrogens with zero attached hydrogens (tertiary/aromatic N) is 2. The summed E-state index contributed by atoms with van der Waals surface area (Å²) in [6, 6.07) is 7.68. The van der Waals surface area contributed by atoms with E-state index in [2.05, 4.69) is 15.4 Å². The molecular formula is C16H13N5O5. The number of aromatic hydroxyl groups is 1. The quantitative estimate of drug-likeness (QED) is 0.514. The van der Waals surface area contributed by atoms with Gasteiger partial charge in [-0.15, -0.1) is 0 Å². The summed E-state index contributed by atoms with van der Waals surface area (Å²) in [7, 11) is 0. The molecule has 132 valence electrons. The lowest BCUT2D eigenvalue weighted by molar-refractivity contribution is 0.101. The second-order valence-corrected chi connectivity index (χ2v) is 5.41. The fourth-order valence-electron chi connectivity index (χ4n) is 2.24. The molecule has 10 nitrogen and oxygen atoms in total. The Hall–Kier alpha value is -3.95. The third kappa shape index (κ3) is 3.29. The van der Waals surface area contributed by atoms with Gasteiger partial charge in [-0.05, 0) is 24.6 Å². The Kier molecular flexibility index (Phi) is 4.23. The maximum absolute atomic E-state index is 12.3. The van der Waals surface area contributed by atoms with Crippen molar-refractivity contribution in [2.24, 2.45) is 0 Å². The highest BCUT2D eigenvalue weighted by molar-refractivity contribution is 6.04. The van der Waals surface area contributed by atoms with Crippen molar-refractivity contribution in [1.29, 1.82) is 0 Å². The molecule has 26 heavy (non-hydrogen) atoms. The summed E-state index contributed by atoms with van der Waals surface area (Å²) >= 11 is 0. The minimum atomic E-state index is -0.929. The zero-order valence-electron chi connectivity index (χ0n) is 13.4. The predicted octanol–water partition coefficient (Wildman–Crippen LogP) is -0.125. The molecule has 4 N–H and O–H groups in total. The molecular weight excluding hydrogens is 342 g/mol. The number of amides is 1. The van der Waals surface area contributed by atoms with Gasteiger partial charge in [0.05, 0.1) is 5.69 Å². The number of hydrogen-bond donors (Lipinski definition) is 4. The van der Waals surface area contributed by atoms with Gasteiger partial charge < -0.3 is 15.4 Å². The fraction of sp³-hybridized carbons (Fsp3) is 0.0625. The normalized spacial score (nSPS) is 10.5. The molecule has 0 saturated carbocycles. The summed E-state index contributed by atoms with van der Waals surface area (Å²) < 4.78 is 0.957. The largest absolute Gasteiger partial charge is 0.505 e. The Balaban J connectivity index is 2.03. The Bertz CT molecular complexity index is 1170. The van der Waals surface area contributed by atoms with Crippen LogP contribution in [0.15, 0.2) is 50.9 Å². The molecule has 0 aliphatic carbocycles. The number of anilines is 1. The molecule has 3 aromatic rings. The lowest BCUT2D eigenvalue weighted by Gasteiger charge is -2.09. The first kappa shape index (κ1) is 16.9. The number of aryl methyl sites for hydroxylation is 1. The molecule has 0 bridgehead atoms. The van der Waals surface area contributed by atoms with Crippen molar-refractivity contribution in [3.8, 4) is 11.4 Å². The molecule has 0 fully saturated rings. The molecule has 0 radical (unpaired) electrons. The van der Waals surface area contributed by atoms with Crippen molar-refractivity contribution < 1.29 is 9.90 Å². The Labute approximate surface area is 144 Å². The summed E-state index contributed by atoms with van der Waals surface area (Å²) in [5.74, 6) is -1.57. The smallest absolute Gasteiger partial charge is 0.325 e. The van der Waals surface area contributed by atoms with Gasteiger partial charge in [0.2, 0.25) is 0 Å². The van der Waals surface area contributed by atoms with Crippen LogP contribution in [0.3, 0.4) is 0 Å². The number of aromatic nitrogens is 4. The number of hydrogen-bond acceptors (Lipinski definition) is 6. The van der Waals surface area contributed by atoms with Crippen LogP contribution in [-0.2, 0) is 0 Å². The molecule has 0 unspecified atom stereocenters. The third-order valence-electron chi connectivity index (χ3n) is 3.44. The molecule has 0 aliphatic heterocycles. The summed E-state index contributed by atoms with van der Waals surface area (Å²) in [5.41, 5.74) is -1.62. The first-order valence-corrected chi connectivity index (χ1v) is 7.39. The summed E-state index contributed by atoms with van der Waals surface area (Å²) in [6.45, 7) is 1.82. The maximum atomic E-state index is 12.3. The van der Waals surface area contributed by atoms with Crippen molar-refractivity contribution >= 4 is 11.6 Å². The van der Waals surface area contributed by atoms with Crippen LogP contribution in [-0.4, -0.2) is 30.8 Å². The van der Waals surface area contributed by atoms with Gasteiger partial charge in [-0.2, -0.15) is 9.78 Å². The monoisotopic (exact) mass is 355 g/mol. The van der Waals surface area contributed by atoms with E-state index in [9.17, 15) is 24.3 Å². The third-order valence-corrected chi connectivity index (χ3v) is 3.44. The van der Waals surface area contributed by atoms with Crippen molar-refractivity contribution in [2.45, 2.75) is 6.92 Å². The van der Waals surface area contributed by atoms with Gasteiger partial charge in [0, 0.05) is 12.3 Å². The van der Waals surface area contributed by atoms with Crippen LogP contribution in [0.1, 0.15) is 16.1 Å². The lowest BCUT2D eigenvalue weighted by Crippen LogP contribution is -2.29. The SMILES string of the molecule is Cc1cccc(-n2nc(C(=O)Nc3c[nH]c(=O)[nH]c3=O)c(O)cc2=O)c1. The van der Waals surface area contributed by atoms with E-state index in [0.29, 0.717) is 5.69 Å². The van der Waals surface area contributed by atoms with Crippen LogP contribution >= 0.6 is 0 Å². The topological polar surface area (TPSA) is 150 Å². The van der Waals surface area contributed by atoms with E-state index in [1.165, 1.54) is 0 Å². The molecule has 1 amide bonds. The van der Waals surface area contributed by atoms with Gasteiger partial charge in [-0.1, -0.05) is 12.1 Å². The molecule has 3 rings (SSSR count). The Morgan fingerprint density at radius 3 is 2.69 bits per heavy atom. The zero-order valence-corrected chi connectivity index (χ0v) is 13.4. The highest BCUT2D eigenvalue weighted by atomic mass is 16.3. The van der Waals surface area contributed by atoms with Crippen LogP contribution in [0.2, 0.25) is 0 Å². The molecule has 0 atom stereocenters. The van der Waals surface area contributed by atoms with E-state index in [0.717, 1.165) is 22.5 Å². The first-order valence-electron chi connectivity index (χ1n) is 7.39. The number of benzene rings is 1. The summed E-state index contributed by atoms with van der Waals surface area (Å²) in [4.78, 5) is 51.2. The minimum Gasteiger partial charge on any atom is -0.505 e. The number of nitrogens with one attached hydrogen (secondary N) is 3. The van der Waals surface area contributed by atoms with Gasteiger partial charge in [-0.3, -0.25) is 19.4 Å². The Morgan fingerprint density at radius 1 is 1.23 bits per heavy atom. The zero-order chi connectivity index (χ0) is 18.8. The van der Waals surface area contributed by atoms with E-state index in [1.807, 2.05) is 18.0 Å². The second kappa shape index (κ2) is 6.51. The second-order valence-electron chi connectivity index (χ2n) is 5.41. The number of carbonyl (C=O) groups is 1. The van der Waals surface area contributed by atoms with Gasteiger partial charge in [0.1, 0.15) is 5.69 Å². The lowest BCUT2D eigenvalue weighted by atomic mass is 10.2. The number of H-pyrrole nitrogens is 2. The van der Waals surface area contributed by atoms with Gasteiger partial charge in [-0.25, -0.2) is 4.79 Å². The van der Waals surface area contributed by atoms with E-state index in [1.54, 1.807) is 18.2 Å². The average molecular weight is 355 g/mol. The molecule has 1 aromatic carbocycles. The maximum Gasteiger partial charge on any atom is 0.325 e. The predicted molar refractivity (Wildman–Crippen MR) is 91.9 cm³/mol. The molecule has 2 heterocycles. The van der Waals surface area contributed by atoms with Gasteiger partial charge >= 0.3 is 5.69 Å². The fourth-order valence-corrected chi connectivity index (χ4v) is 2.24. The highest BCUT2D eigenvalue weighted by Gasteiger charge is 2.18. The van der Waals surface area contributed by atoms with Gasteiger partial charge in [0.25, 0.3) is 17.0 Å². The van der Waals surface area contributed by atoms with Crippen LogP contribution in [0.4, 0.5) is 5.69 Å². The van der Waals surface area contributed by atoms with E-state index in [-0.39, 0.29) is 5.69 Å². The van der Waals surface area contributed by atoms with E-state index >= 15 is 0 Å². The standard InChI is InChI=1S/C16H13N5O5/c1-8-3-2-4-9(5-8)21-12(23)6-11(22)13(20-21)15(25)18-10-7-17-16(26)19-14(10)24/h2-7,22H,1H3,(H,18,25)(H2,17,19,24,26). The van der Waals surface area contributed by atoms with Crippen molar-refractivity contribution in [2.75, 3.05) is 5.32 Å². The summed E-state index contributed by atoms with van der Waals surface area (Å²) in [5, 5.41) is 16.0. The summed E-state index contributed by atoms with van der Waals surface area (Å²) in [6.07, 6.45) is 1.01. The molecule has 10 heteroatoms. The number of carbonyl (C=O) groups excluding carboxylic acids is 1. The minimum absolute atomic E-state index is 0.246. The van der Waals surface area contributed by atoms with Crippen molar-refractivity contribution in [1.82, 2.24) is 19.7 Å². The van der Waals surface area contributed by atoms with Crippen LogP contribution in [0.25, 0.3) is 5.69 Å². The number of rotatable bonds is 3. The van der Waals surface area contributed by atoms with Crippen LogP contribution < -0.4 is 22.1 Å². The number of aromatic amines is 2. The van der Waals surface area contributed by atoms with Crippen LogP contribution in [0.5, 0.6) is 5.75 Å². The molecule has 0 aliphatic rings. The van der Waals surface area contributed by atoms with Gasteiger partial charge in [0.15, 0.2) is 11.4 Å².